The van der Waals surface area contributed by atoms with Crippen LogP contribution in [-0.4, -0.2) is 59.5 Å². The van der Waals surface area contributed by atoms with Crippen LogP contribution in [0.4, 0.5) is 10.5 Å². The number of carbonyl (C=O) groups is 3. The van der Waals surface area contributed by atoms with Crippen LogP contribution in [0.3, 0.4) is 0 Å². The van der Waals surface area contributed by atoms with E-state index >= 15 is 0 Å². The minimum Gasteiger partial charge on any atom is -0.491 e. The van der Waals surface area contributed by atoms with Crippen LogP contribution in [0, 0.1) is 0 Å². The number of aliphatic hydroxyl groups is 1. The van der Waals surface area contributed by atoms with E-state index in [1.165, 1.54) is 0 Å². The zero-order chi connectivity index (χ0) is 24.7. The van der Waals surface area contributed by atoms with Crippen LogP contribution in [-0.2, 0) is 11.2 Å². The summed E-state index contributed by atoms with van der Waals surface area (Å²) < 4.78 is 5.81. The lowest BCUT2D eigenvalue weighted by molar-refractivity contribution is -0.117. The number of rotatable bonds is 10. The van der Waals surface area contributed by atoms with Crippen molar-refractivity contribution in [3.05, 3.63) is 59.7 Å². The Morgan fingerprint density at radius 1 is 1.15 bits per heavy atom. The SMILES string of the molecule is CC(C)Oc1cc(C(=O)N[C@@H](Cc2ccccc2)[C@H](O)CNC(=O)O)cc(N2CCCC2=O)c1. The number of ether oxygens (including phenoxy) is 1. The van der Waals surface area contributed by atoms with Gasteiger partial charge in [0, 0.05) is 36.8 Å². The Labute approximate surface area is 198 Å². The first-order valence-electron chi connectivity index (χ1n) is 11.3. The summed E-state index contributed by atoms with van der Waals surface area (Å²) in [7, 11) is 0. The van der Waals surface area contributed by atoms with Crippen LogP contribution in [0.1, 0.15) is 42.6 Å². The molecule has 34 heavy (non-hydrogen) atoms. The monoisotopic (exact) mass is 469 g/mol. The van der Waals surface area contributed by atoms with Gasteiger partial charge in [-0.05, 0) is 44.4 Å². The Hall–Kier alpha value is -3.59. The van der Waals surface area contributed by atoms with Crippen LogP contribution in [0.15, 0.2) is 48.5 Å². The van der Waals surface area contributed by atoms with Gasteiger partial charge in [-0.3, -0.25) is 9.59 Å². The fraction of sp³-hybridized carbons (Fsp3) is 0.400. The average Bonchev–Trinajstić information content (AvgIpc) is 3.22. The summed E-state index contributed by atoms with van der Waals surface area (Å²) in [6, 6.07) is 13.5. The van der Waals surface area contributed by atoms with Crippen molar-refractivity contribution in [1.82, 2.24) is 10.6 Å². The molecule has 2 aromatic rings. The highest BCUT2D eigenvalue weighted by atomic mass is 16.5. The van der Waals surface area contributed by atoms with Gasteiger partial charge < -0.3 is 30.5 Å². The minimum atomic E-state index is -1.26. The molecule has 0 saturated carbocycles. The topological polar surface area (TPSA) is 128 Å². The number of aliphatic hydroxyl groups excluding tert-OH is 1. The molecule has 9 heteroatoms. The second kappa shape index (κ2) is 11.5. The van der Waals surface area contributed by atoms with Gasteiger partial charge in [0.1, 0.15) is 5.75 Å². The summed E-state index contributed by atoms with van der Waals surface area (Å²) in [4.78, 5) is 38.1. The molecule has 0 radical (unpaired) electrons. The van der Waals surface area contributed by atoms with E-state index in [0.29, 0.717) is 30.8 Å². The van der Waals surface area contributed by atoms with E-state index in [-0.39, 0.29) is 24.1 Å². The number of hydrogen-bond donors (Lipinski definition) is 4. The Morgan fingerprint density at radius 3 is 2.50 bits per heavy atom. The average molecular weight is 470 g/mol. The van der Waals surface area contributed by atoms with E-state index in [0.717, 1.165) is 12.0 Å². The fourth-order valence-corrected chi connectivity index (χ4v) is 3.87. The van der Waals surface area contributed by atoms with Crippen molar-refractivity contribution >= 4 is 23.6 Å². The number of nitrogens with zero attached hydrogens (tertiary/aromatic N) is 1. The molecule has 1 aliphatic heterocycles. The van der Waals surface area contributed by atoms with Crippen LogP contribution >= 0.6 is 0 Å². The van der Waals surface area contributed by atoms with Gasteiger partial charge in [-0.2, -0.15) is 0 Å². The van der Waals surface area contributed by atoms with E-state index in [2.05, 4.69) is 10.6 Å². The van der Waals surface area contributed by atoms with Gasteiger partial charge >= 0.3 is 6.09 Å². The highest BCUT2D eigenvalue weighted by Gasteiger charge is 2.26. The van der Waals surface area contributed by atoms with Crippen molar-refractivity contribution in [2.75, 3.05) is 18.0 Å². The number of anilines is 1. The summed E-state index contributed by atoms with van der Waals surface area (Å²) in [6.45, 7) is 4.07. The van der Waals surface area contributed by atoms with E-state index in [9.17, 15) is 19.5 Å². The Balaban J connectivity index is 1.86. The summed E-state index contributed by atoms with van der Waals surface area (Å²) in [6.07, 6.45) is -1.04. The molecule has 182 valence electrons. The van der Waals surface area contributed by atoms with Crippen molar-refractivity contribution in [1.29, 1.82) is 0 Å². The maximum atomic E-state index is 13.3. The number of amides is 3. The summed E-state index contributed by atoms with van der Waals surface area (Å²) in [5, 5.41) is 24.5. The second-order valence-electron chi connectivity index (χ2n) is 8.55. The Bertz CT molecular complexity index is 1010. The molecular formula is C25H31N3O6. The van der Waals surface area contributed by atoms with Gasteiger partial charge in [0.05, 0.1) is 18.2 Å². The summed E-state index contributed by atoms with van der Waals surface area (Å²) in [5.41, 5.74) is 1.74. The van der Waals surface area contributed by atoms with Crippen LogP contribution in [0.25, 0.3) is 0 Å². The highest BCUT2D eigenvalue weighted by Crippen LogP contribution is 2.28. The predicted molar refractivity (Wildman–Crippen MR) is 127 cm³/mol. The minimum absolute atomic E-state index is 0.00910. The maximum Gasteiger partial charge on any atom is 0.404 e. The summed E-state index contributed by atoms with van der Waals surface area (Å²) >= 11 is 0. The van der Waals surface area contributed by atoms with E-state index in [4.69, 9.17) is 9.84 Å². The van der Waals surface area contributed by atoms with Crippen LogP contribution in [0.2, 0.25) is 0 Å². The first-order chi connectivity index (χ1) is 16.2. The predicted octanol–water partition coefficient (Wildman–Crippen LogP) is 2.57. The number of benzene rings is 2. The van der Waals surface area contributed by atoms with Gasteiger partial charge in [-0.1, -0.05) is 30.3 Å². The third-order valence-electron chi connectivity index (χ3n) is 5.45. The zero-order valence-electron chi connectivity index (χ0n) is 19.4. The molecule has 2 aromatic carbocycles. The largest absolute Gasteiger partial charge is 0.491 e. The molecule has 0 spiro atoms. The zero-order valence-corrected chi connectivity index (χ0v) is 19.4. The molecule has 1 saturated heterocycles. The van der Waals surface area contributed by atoms with Crippen molar-refractivity contribution < 1.29 is 29.3 Å². The van der Waals surface area contributed by atoms with Gasteiger partial charge in [0.2, 0.25) is 5.91 Å². The Morgan fingerprint density at radius 2 is 1.88 bits per heavy atom. The molecule has 0 aliphatic carbocycles. The lowest BCUT2D eigenvalue weighted by Crippen LogP contribution is -2.49. The quantitative estimate of drug-likeness (QED) is 0.423. The first-order valence-corrected chi connectivity index (χ1v) is 11.3. The van der Waals surface area contributed by atoms with E-state index in [1.54, 1.807) is 23.1 Å². The molecule has 1 aliphatic rings. The van der Waals surface area contributed by atoms with Crippen molar-refractivity contribution in [2.24, 2.45) is 0 Å². The van der Waals surface area contributed by atoms with E-state index < -0.39 is 24.1 Å². The van der Waals surface area contributed by atoms with Crippen LogP contribution < -0.4 is 20.3 Å². The normalized spacial score (nSPS) is 15.2. The summed E-state index contributed by atoms with van der Waals surface area (Å²) in [5.74, 6) is -0.00682. The van der Waals surface area contributed by atoms with Gasteiger partial charge in [-0.25, -0.2) is 4.79 Å². The molecule has 3 amide bonds. The lowest BCUT2D eigenvalue weighted by atomic mass is 10.0. The molecule has 3 rings (SSSR count). The second-order valence-corrected chi connectivity index (χ2v) is 8.55. The third kappa shape index (κ3) is 6.95. The van der Waals surface area contributed by atoms with Crippen LogP contribution in [0.5, 0.6) is 5.75 Å². The van der Waals surface area contributed by atoms with E-state index in [1.807, 2.05) is 44.2 Å². The van der Waals surface area contributed by atoms with Gasteiger partial charge in [0.15, 0.2) is 0 Å². The highest BCUT2D eigenvalue weighted by molar-refractivity contribution is 5.99. The van der Waals surface area contributed by atoms with Crippen molar-refractivity contribution in [2.45, 2.75) is 51.4 Å². The first kappa shape index (κ1) is 25.0. The maximum absolute atomic E-state index is 13.3. The molecule has 2 atom stereocenters. The molecule has 9 nitrogen and oxygen atoms in total. The molecular weight excluding hydrogens is 438 g/mol. The number of hydrogen-bond acceptors (Lipinski definition) is 5. The fourth-order valence-electron chi connectivity index (χ4n) is 3.87. The molecule has 0 unspecified atom stereocenters. The number of carboxylic acid groups (broad SMARTS) is 1. The number of nitrogens with one attached hydrogen (secondary N) is 2. The molecule has 1 heterocycles. The smallest absolute Gasteiger partial charge is 0.404 e. The standard InChI is InChI=1S/C25H31N3O6/c1-16(2)34-20-13-18(12-19(14-20)28-10-6-9-23(28)30)24(31)27-21(22(29)15-26-25(32)33)11-17-7-4-3-5-8-17/h3-5,7-8,12-14,16,21-22,26,29H,6,9-11,15H2,1-2H3,(H,27,31)(H,32,33)/t21-,22+/m0/s1. The molecule has 0 aromatic heterocycles. The van der Waals surface area contributed by atoms with Gasteiger partial charge in [-0.15, -0.1) is 0 Å². The van der Waals surface area contributed by atoms with Crippen molar-refractivity contribution in [3.63, 3.8) is 0 Å². The van der Waals surface area contributed by atoms with Crippen molar-refractivity contribution in [3.8, 4) is 5.75 Å². The van der Waals surface area contributed by atoms with Gasteiger partial charge in [0.25, 0.3) is 5.91 Å². The third-order valence-corrected chi connectivity index (χ3v) is 5.45. The Kier molecular flexibility index (Phi) is 8.48. The molecule has 4 N–H and O–H groups in total. The molecule has 1 fully saturated rings. The lowest BCUT2D eigenvalue weighted by Gasteiger charge is -2.25. The number of carbonyl (C=O) groups excluding carboxylic acids is 2. The molecule has 0 bridgehead atoms.